The molecule has 3 aromatic rings. The van der Waals surface area contributed by atoms with Gasteiger partial charge in [-0.2, -0.15) is 4.36 Å². The van der Waals surface area contributed by atoms with Crippen LogP contribution in [-0.4, -0.2) is 56.7 Å². The van der Waals surface area contributed by atoms with E-state index in [0.717, 1.165) is 17.4 Å². The maximum absolute atomic E-state index is 14.2. The quantitative estimate of drug-likeness (QED) is 0.495. The highest BCUT2D eigenvalue weighted by Gasteiger charge is 2.43. The van der Waals surface area contributed by atoms with Crippen molar-refractivity contribution in [1.29, 1.82) is 0 Å². The summed E-state index contributed by atoms with van der Waals surface area (Å²) in [7, 11) is -2.48. The van der Waals surface area contributed by atoms with Gasteiger partial charge in [-0.3, -0.25) is 0 Å². The van der Waals surface area contributed by atoms with Crippen LogP contribution in [0.15, 0.2) is 41.0 Å². The van der Waals surface area contributed by atoms with Crippen molar-refractivity contribution in [3.8, 4) is 5.75 Å². The SMILES string of the molecule is Cc1cc(N=S(C)(=O)C(C)(C)C)cc2ncnc(Nc3ccc(F)cc3O[C@@H]3CO[C@@H]4CCO[C@@H]43)c12. The minimum absolute atomic E-state index is 0.0177. The van der Waals surface area contributed by atoms with Gasteiger partial charge in [0, 0.05) is 29.1 Å². The van der Waals surface area contributed by atoms with Crippen LogP contribution >= 0.6 is 0 Å². The Morgan fingerprint density at radius 1 is 1.19 bits per heavy atom. The van der Waals surface area contributed by atoms with Gasteiger partial charge in [0.15, 0.2) is 6.10 Å². The van der Waals surface area contributed by atoms with Crippen LogP contribution in [0.1, 0.15) is 32.8 Å². The number of aromatic nitrogens is 2. The van der Waals surface area contributed by atoms with Gasteiger partial charge in [-0.05, 0) is 63.9 Å². The van der Waals surface area contributed by atoms with E-state index in [4.69, 9.17) is 14.2 Å². The average molecular weight is 515 g/mol. The Hall–Kier alpha value is -2.82. The van der Waals surface area contributed by atoms with Crippen molar-refractivity contribution in [2.45, 2.75) is 57.2 Å². The molecule has 0 bridgehead atoms. The van der Waals surface area contributed by atoms with Crippen LogP contribution < -0.4 is 10.1 Å². The number of halogens is 1. The molecule has 0 amide bonds. The predicted octanol–water partition coefficient (Wildman–Crippen LogP) is 5.28. The predicted molar refractivity (Wildman–Crippen MR) is 138 cm³/mol. The topological polar surface area (TPSA) is 94.9 Å². The van der Waals surface area contributed by atoms with Crippen molar-refractivity contribution >= 4 is 37.8 Å². The summed E-state index contributed by atoms with van der Waals surface area (Å²) in [5, 5.41) is 4.08. The van der Waals surface area contributed by atoms with E-state index in [9.17, 15) is 8.60 Å². The molecule has 2 saturated heterocycles. The Bertz CT molecular complexity index is 1430. The van der Waals surface area contributed by atoms with Crippen LogP contribution in [0.5, 0.6) is 5.75 Å². The molecule has 0 radical (unpaired) electrons. The fourth-order valence-electron chi connectivity index (χ4n) is 4.38. The van der Waals surface area contributed by atoms with Crippen LogP contribution in [0.3, 0.4) is 0 Å². The van der Waals surface area contributed by atoms with Gasteiger partial charge in [0.1, 0.15) is 29.8 Å². The first-order valence-corrected chi connectivity index (χ1v) is 13.9. The van der Waals surface area contributed by atoms with Crippen molar-refractivity contribution in [1.82, 2.24) is 9.97 Å². The lowest BCUT2D eigenvalue weighted by Crippen LogP contribution is -2.32. The summed E-state index contributed by atoms with van der Waals surface area (Å²) in [6.07, 6.45) is 3.49. The minimum Gasteiger partial charge on any atom is -0.483 e. The minimum atomic E-state index is -2.48. The molecule has 5 rings (SSSR count). The van der Waals surface area contributed by atoms with Crippen molar-refractivity contribution in [3.05, 3.63) is 48.0 Å². The summed E-state index contributed by atoms with van der Waals surface area (Å²) in [4.78, 5) is 8.87. The lowest BCUT2D eigenvalue weighted by molar-refractivity contribution is 0.0310. The third-order valence-corrected chi connectivity index (χ3v) is 9.56. The van der Waals surface area contributed by atoms with Crippen molar-refractivity contribution in [2.24, 2.45) is 4.36 Å². The molecule has 2 aliphatic heterocycles. The molecule has 2 aliphatic rings. The lowest BCUT2D eigenvalue weighted by atomic mass is 10.1. The van der Waals surface area contributed by atoms with E-state index in [-0.39, 0.29) is 18.3 Å². The number of nitrogens with one attached hydrogen (secondary N) is 1. The summed E-state index contributed by atoms with van der Waals surface area (Å²) in [5.74, 6) is 0.494. The fraction of sp³-hybridized carbons (Fsp3) is 0.462. The summed E-state index contributed by atoms with van der Waals surface area (Å²) in [6, 6.07) is 8.02. The molecular weight excluding hydrogens is 483 g/mol. The Labute approximate surface area is 210 Å². The lowest BCUT2D eigenvalue weighted by Gasteiger charge is -2.21. The Morgan fingerprint density at radius 2 is 2.00 bits per heavy atom. The zero-order chi connectivity index (χ0) is 25.7. The molecule has 0 saturated carbocycles. The van der Waals surface area contributed by atoms with Gasteiger partial charge in [-0.1, -0.05) is 0 Å². The normalized spacial score (nSPS) is 23.3. The maximum Gasteiger partial charge on any atom is 0.151 e. The Balaban J connectivity index is 1.49. The molecule has 2 fully saturated rings. The smallest absolute Gasteiger partial charge is 0.151 e. The zero-order valence-corrected chi connectivity index (χ0v) is 21.9. The molecule has 1 N–H and O–H groups in total. The van der Waals surface area contributed by atoms with Gasteiger partial charge < -0.3 is 19.5 Å². The summed E-state index contributed by atoms with van der Waals surface area (Å²) in [6.45, 7) is 8.69. The highest BCUT2D eigenvalue weighted by molar-refractivity contribution is 7.94. The van der Waals surface area contributed by atoms with Crippen molar-refractivity contribution < 1.29 is 22.8 Å². The van der Waals surface area contributed by atoms with E-state index in [2.05, 4.69) is 19.6 Å². The molecule has 2 aromatic carbocycles. The first-order valence-electron chi connectivity index (χ1n) is 12.0. The second-order valence-corrected chi connectivity index (χ2v) is 13.3. The van der Waals surface area contributed by atoms with Crippen LogP contribution in [0.2, 0.25) is 0 Å². The summed E-state index contributed by atoms with van der Waals surface area (Å²) < 4.78 is 49.1. The van der Waals surface area contributed by atoms with E-state index < -0.39 is 20.3 Å². The molecule has 3 heterocycles. The molecule has 1 unspecified atom stereocenters. The summed E-state index contributed by atoms with van der Waals surface area (Å²) >= 11 is 0. The third kappa shape index (κ3) is 4.77. The molecule has 0 aliphatic carbocycles. The van der Waals surface area contributed by atoms with Gasteiger partial charge in [-0.25, -0.2) is 18.6 Å². The second-order valence-electron chi connectivity index (χ2n) is 10.3. The van der Waals surface area contributed by atoms with Gasteiger partial charge >= 0.3 is 0 Å². The van der Waals surface area contributed by atoms with E-state index in [0.29, 0.717) is 41.7 Å². The average Bonchev–Trinajstić information content (AvgIpc) is 3.39. The largest absolute Gasteiger partial charge is 0.483 e. The molecule has 8 nitrogen and oxygen atoms in total. The van der Waals surface area contributed by atoms with Gasteiger partial charge in [0.05, 0.1) is 39.3 Å². The molecule has 10 heteroatoms. The third-order valence-electron chi connectivity index (χ3n) is 6.73. The first kappa shape index (κ1) is 24.9. The number of aryl methyl sites for hydroxylation is 1. The molecule has 4 atom stereocenters. The number of nitrogens with zero attached hydrogens (tertiary/aromatic N) is 3. The van der Waals surface area contributed by atoms with Gasteiger partial charge in [-0.15, -0.1) is 0 Å². The van der Waals surface area contributed by atoms with Gasteiger partial charge in [0.2, 0.25) is 0 Å². The van der Waals surface area contributed by atoms with E-state index >= 15 is 0 Å². The van der Waals surface area contributed by atoms with Crippen LogP contribution in [0, 0.1) is 12.7 Å². The first-order chi connectivity index (χ1) is 17.0. The maximum atomic E-state index is 14.2. The van der Waals surface area contributed by atoms with Crippen LogP contribution in [-0.2, 0) is 19.2 Å². The van der Waals surface area contributed by atoms with Crippen LogP contribution in [0.25, 0.3) is 10.9 Å². The Morgan fingerprint density at radius 3 is 2.78 bits per heavy atom. The van der Waals surface area contributed by atoms with Crippen molar-refractivity contribution in [2.75, 3.05) is 24.8 Å². The molecule has 0 spiro atoms. The Kier molecular flexibility index (Phi) is 6.38. The molecule has 1 aromatic heterocycles. The molecular formula is C26H31FN4O4S. The number of benzene rings is 2. The zero-order valence-electron chi connectivity index (χ0n) is 21.1. The monoisotopic (exact) mass is 514 g/mol. The van der Waals surface area contributed by atoms with Crippen molar-refractivity contribution in [3.63, 3.8) is 0 Å². The highest BCUT2D eigenvalue weighted by atomic mass is 32.2. The van der Waals surface area contributed by atoms with E-state index in [1.807, 2.05) is 33.8 Å². The fourth-order valence-corrected chi connectivity index (χ4v) is 5.16. The highest BCUT2D eigenvalue weighted by Crippen LogP contribution is 2.36. The number of rotatable bonds is 5. The number of hydrogen-bond acceptors (Lipinski definition) is 8. The summed E-state index contributed by atoms with van der Waals surface area (Å²) in [5.41, 5.74) is 2.70. The second kappa shape index (κ2) is 9.24. The standard InChI is InChI=1S/C26H31FN4O4S/c1-15-10-17(31-36(5,32)26(2,3)4)12-19-23(15)25(29-14-28-19)30-18-7-6-16(27)11-21(18)35-22-13-34-20-8-9-33-24(20)22/h6-7,10-12,14,20,22,24H,8-9,13H2,1-5H3,(H,28,29,30)/t20-,22-,24+,36?/m1/s1. The van der Waals surface area contributed by atoms with E-state index in [1.165, 1.54) is 18.5 Å². The van der Waals surface area contributed by atoms with E-state index in [1.54, 1.807) is 18.4 Å². The number of fused-ring (bicyclic) bond motifs is 2. The van der Waals surface area contributed by atoms with Gasteiger partial charge in [0.25, 0.3) is 0 Å². The number of hydrogen-bond donors (Lipinski definition) is 1. The molecule has 192 valence electrons. The number of ether oxygens (including phenoxy) is 3. The molecule has 36 heavy (non-hydrogen) atoms. The number of anilines is 2. The van der Waals surface area contributed by atoms with Crippen LogP contribution in [0.4, 0.5) is 21.6 Å².